The van der Waals surface area contributed by atoms with Crippen LogP contribution in [0.25, 0.3) is 0 Å². The largest absolute Gasteiger partial charge is 0.371 e. The van der Waals surface area contributed by atoms with Crippen LogP contribution >= 0.6 is 0 Å². The minimum atomic E-state index is 0.101. The number of urea groups is 1. The smallest absolute Gasteiger partial charge is 0.317 e. The quantitative estimate of drug-likeness (QED) is 0.905. The summed E-state index contributed by atoms with van der Waals surface area (Å²) in [4.78, 5) is 19.8. The summed E-state index contributed by atoms with van der Waals surface area (Å²) in [5.41, 5.74) is 2.53. The molecule has 0 radical (unpaired) electrons. The number of nitrogens with zero attached hydrogens (tertiary/aromatic N) is 3. The predicted octanol–water partition coefficient (Wildman–Crippen LogP) is 3.06. The Labute approximate surface area is 157 Å². The fraction of sp³-hybridized carbons (Fsp3) is 0.667. The molecule has 5 heteroatoms. The molecule has 3 fully saturated rings. The van der Waals surface area contributed by atoms with E-state index >= 15 is 0 Å². The molecule has 3 aliphatic rings. The number of fused-ring (bicyclic) bond motifs is 1. The van der Waals surface area contributed by atoms with Gasteiger partial charge in [0.2, 0.25) is 0 Å². The molecule has 0 saturated carbocycles. The minimum Gasteiger partial charge on any atom is -0.371 e. The van der Waals surface area contributed by atoms with E-state index < -0.39 is 0 Å². The topological polar surface area (TPSA) is 38.8 Å². The zero-order chi connectivity index (χ0) is 17.8. The van der Waals surface area contributed by atoms with Crippen LogP contribution in [-0.4, -0.2) is 61.1 Å². The maximum absolute atomic E-state index is 12.7. The van der Waals surface area contributed by atoms with E-state index in [1.165, 1.54) is 56.3 Å². The van der Waals surface area contributed by atoms with E-state index in [4.69, 9.17) is 0 Å². The third-order valence-electron chi connectivity index (χ3n) is 6.24. The number of hydrogen-bond acceptors (Lipinski definition) is 3. The van der Waals surface area contributed by atoms with Crippen LogP contribution in [0.5, 0.6) is 0 Å². The molecule has 0 bridgehead atoms. The molecule has 2 amide bonds. The summed E-state index contributed by atoms with van der Waals surface area (Å²) in [6.07, 6.45) is 7.73. The van der Waals surface area contributed by atoms with E-state index in [-0.39, 0.29) is 6.03 Å². The Hall–Kier alpha value is -1.75. The average molecular weight is 357 g/mol. The number of nitrogens with one attached hydrogen (secondary N) is 1. The van der Waals surface area contributed by atoms with Gasteiger partial charge >= 0.3 is 6.03 Å². The third-order valence-corrected chi connectivity index (χ3v) is 6.24. The van der Waals surface area contributed by atoms with Gasteiger partial charge in [-0.15, -0.1) is 0 Å². The van der Waals surface area contributed by atoms with E-state index in [1.807, 2.05) is 4.90 Å². The molecular formula is C21H32N4O. The first kappa shape index (κ1) is 17.7. The summed E-state index contributed by atoms with van der Waals surface area (Å²) in [5, 5.41) is 3.19. The molecular weight excluding hydrogens is 324 g/mol. The number of piperazine rings is 1. The van der Waals surface area contributed by atoms with Crippen LogP contribution in [0.3, 0.4) is 0 Å². The summed E-state index contributed by atoms with van der Waals surface area (Å²) in [5.74, 6) is 0. The Morgan fingerprint density at radius 3 is 2.65 bits per heavy atom. The van der Waals surface area contributed by atoms with Gasteiger partial charge in [0.15, 0.2) is 0 Å². The highest BCUT2D eigenvalue weighted by Gasteiger charge is 2.30. The first-order valence-electron chi connectivity index (χ1n) is 10.4. The molecule has 142 valence electrons. The van der Waals surface area contributed by atoms with E-state index in [9.17, 15) is 4.79 Å². The van der Waals surface area contributed by atoms with Crippen LogP contribution in [0.4, 0.5) is 10.5 Å². The van der Waals surface area contributed by atoms with Crippen molar-refractivity contribution in [2.75, 3.05) is 44.2 Å². The van der Waals surface area contributed by atoms with Gasteiger partial charge in [-0.05, 0) is 50.3 Å². The van der Waals surface area contributed by atoms with Crippen molar-refractivity contribution in [3.8, 4) is 0 Å². The first-order valence-corrected chi connectivity index (χ1v) is 10.4. The van der Waals surface area contributed by atoms with Crippen LogP contribution in [0.15, 0.2) is 24.3 Å². The maximum Gasteiger partial charge on any atom is 0.317 e. The van der Waals surface area contributed by atoms with Crippen LogP contribution in [0, 0.1) is 0 Å². The summed E-state index contributed by atoms with van der Waals surface area (Å²) >= 11 is 0. The summed E-state index contributed by atoms with van der Waals surface area (Å²) in [7, 11) is 0. The molecule has 4 rings (SSSR count). The average Bonchev–Trinajstić information content (AvgIpc) is 2.72. The fourth-order valence-electron chi connectivity index (χ4n) is 4.73. The van der Waals surface area contributed by atoms with Gasteiger partial charge in [0.1, 0.15) is 0 Å². The number of benzene rings is 1. The fourth-order valence-corrected chi connectivity index (χ4v) is 4.73. The summed E-state index contributed by atoms with van der Waals surface area (Å²) in [6.45, 7) is 6.88. The van der Waals surface area contributed by atoms with Crippen molar-refractivity contribution in [3.63, 3.8) is 0 Å². The molecule has 1 aromatic rings. The molecule has 1 unspecified atom stereocenters. The SMILES string of the molecule is O=C(NCc1ccccc1N1CCCCC1)N1CCN2CCCCC2C1. The standard InChI is InChI=1S/C21H32N4O/c26-21(25-15-14-23-11-7-4-9-19(23)17-25)22-16-18-8-2-3-10-20(18)24-12-5-1-6-13-24/h2-3,8,10,19H,1,4-7,9,11-17H2,(H,22,26). The summed E-state index contributed by atoms with van der Waals surface area (Å²) in [6, 6.07) is 9.22. The van der Waals surface area contributed by atoms with Crippen LogP contribution < -0.4 is 10.2 Å². The van der Waals surface area contributed by atoms with Crippen molar-refractivity contribution in [2.24, 2.45) is 0 Å². The van der Waals surface area contributed by atoms with Crippen molar-refractivity contribution in [3.05, 3.63) is 29.8 Å². The Morgan fingerprint density at radius 2 is 1.77 bits per heavy atom. The highest BCUT2D eigenvalue weighted by Crippen LogP contribution is 2.24. The van der Waals surface area contributed by atoms with Crippen LogP contribution in [0.1, 0.15) is 44.1 Å². The Kier molecular flexibility index (Phi) is 5.63. The molecule has 1 aromatic carbocycles. The number of carbonyl (C=O) groups is 1. The second-order valence-electron chi connectivity index (χ2n) is 7.97. The third kappa shape index (κ3) is 3.98. The molecule has 1 N–H and O–H groups in total. The molecule has 5 nitrogen and oxygen atoms in total. The Bertz CT molecular complexity index is 614. The lowest BCUT2D eigenvalue weighted by Gasteiger charge is -2.43. The Balaban J connectivity index is 1.34. The van der Waals surface area contributed by atoms with E-state index in [0.717, 1.165) is 32.7 Å². The summed E-state index contributed by atoms with van der Waals surface area (Å²) < 4.78 is 0. The zero-order valence-corrected chi connectivity index (χ0v) is 15.8. The lowest BCUT2D eigenvalue weighted by atomic mass is 10.00. The second-order valence-corrected chi connectivity index (χ2v) is 7.97. The first-order chi connectivity index (χ1) is 12.8. The van der Waals surface area contributed by atoms with Gasteiger partial charge in [0.25, 0.3) is 0 Å². The maximum atomic E-state index is 12.7. The van der Waals surface area contributed by atoms with Crippen molar-refractivity contribution < 1.29 is 4.79 Å². The van der Waals surface area contributed by atoms with Gasteiger partial charge in [0.05, 0.1) is 0 Å². The zero-order valence-electron chi connectivity index (χ0n) is 15.8. The number of rotatable bonds is 3. The molecule has 0 aliphatic carbocycles. The van der Waals surface area contributed by atoms with Crippen molar-refractivity contribution in [1.82, 2.24) is 15.1 Å². The molecule has 1 atom stereocenters. The lowest BCUT2D eigenvalue weighted by molar-refractivity contribution is 0.0643. The van der Waals surface area contributed by atoms with Crippen LogP contribution in [0.2, 0.25) is 0 Å². The van der Waals surface area contributed by atoms with Gasteiger partial charge in [-0.3, -0.25) is 4.90 Å². The number of hydrogen-bond donors (Lipinski definition) is 1. The van der Waals surface area contributed by atoms with Gasteiger partial charge < -0.3 is 15.1 Å². The molecule has 3 aliphatic heterocycles. The van der Waals surface area contributed by atoms with Crippen LogP contribution in [-0.2, 0) is 6.54 Å². The minimum absolute atomic E-state index is 0.101. The van der Waals surface area contributed by atoms with E-state index in [2.05, 4.69) is 39.4 Å². The van der Waals surface area contributed by atoms with Gasteiger partial charge in [-0.2, -0.15) is 0 Å². The predicted molar refractivity (Wildman–Crippen MR) is 106 cm³/mol. The number of anilines is 1. The highest BCUT2D eigenvalue weighted by atomic mass is 16.2. The Morgan fingerprint density at radius 1 is 0.962 bits per heavy atom. The van der Waals surface area contributed by atoms with Gasteiger partial charge in [-0.25, -0.2) is 4.79 Å². The van der Waals surface area contributed by atoms with Crippen molar-refractivity contribution in [1.29, 1.82) is 0 Å². The lowest BCUT2D eigenvalue weighted by Crippen LogP contribution is -2.57. The molecule has 0 spiro atoms. The highest BCUT2D eigenvalue weighted by molar-refractivity contribution is 5.74. The number of para-hydroxylation sites is 1. The number of piperidine rings is 2. The van der Waals surface area contributed by atoms with E-state index in [1.54, 1.807) is 0 Å². The van der Waals surface area contributed by atoms with Crippen molar-refractivity contribution >= 4 is 11.7 Å². The molecule has 3 saturated heterocycles. The van der Waals surface area contributed by atoms with Gasteiger partial charge in [0, 0.05) is 51.0 Å². The second kappa shape index (κ2) is 8.30. The molecule has 26 heavy (non-hydrogen) atoms. The number of amides is 2. The van der Waals surface area contributed by atoms with Crippen molar-refractivity contribution in [2.45, 2.75) is 51.1 Å². The van der Waals surface area contributed by atoms with E-state index in [0.29, 0.717) is 12.6 Å². The molecule has 0 aromatic heterocycles. The van der Waals surface area contributed by atoms with Gasteiger partial charge in [-0.1, -0.05) is 24.6 Å². The number of carbonyl (C=O) groups excluding carboxylic acids is 1. The normalized spacial score (nSPS) is 24.2. The molecule has 3 heterocycles. The monoisotopic (exact) mass is 356 g/mol.